The van der Waals surface area contributed by atoms with Crippen molar-refractivity contribution in [2.24, 2.45) is 0 Å². The van der Waals surface area contributed by atoms with Crippen molar-refractivity contribution in [3.05, 3.63) is 64.2 Å². The fourth-order valence-electron chi connectivity index (χ4n) is 3.61. The van der Waals surface area contributed by atoms with Gasteiger partial charge >= 0.3 is 6.09 Å². The van der Waals surface area contributed by atoms with Gasteiger partial charge in [0.15, 0.2) is 0 Å². The first-order valence-electron chi connectivity index (χ1n) is 9.90. The molecule has 156 valence electrons. The van der Waals surface area contributed by atoms with Crippen molar-refractivity contribution in [3.8, 4) is 11.3 Å². The molecular weight excluding hydrogens is 386 g/mol. The van der Waals surface area contributed by atoms with Gasteiger partial charge in [-0.3, -0.25) is 9.59 Å². The summed E-state index contributed by atoms with van der Waals surface area (Å²) in [5.41, 5.74) is 1.84. The number of amides is 2. The minimum absolute atomic E-state index is 0.211. The molecule has 0 aliphatic carbocycles. The SMILES string of the molecule is CCOC(=O)N1CCN(C(=O)c2cn(Cc3ccccc3)cc3c(=O)[nH]nc2-3)CC1. The van der Waals surface area contributed by atoms with Crippen LogP contribution in [0.25, 0.3) is 11.3 Å². The van der Waals surface area contributed by atoms with Gasteiger partial charge in [0.05, 0.1) is 17.7 Å². The first-order valence-corrected chi connectivity index (χ1v) is 9.90. The van der Waals surface area contributed by atoms with E-state index in [-0.39, 0.29) is 17.6 Å². The van der Waals surface area contributed by atoms with E-state index in [9.17, 15) is 14.4 Å². The van der Waals surface area contributed by atoms with Crippen LogP contribution in [0.4, 0.5) is 4.79 Å². The van der Waals surface area contributed by atoms with Gasteiger partial charge in [0.25, 0.3) is 11.5 Å². The quantitative estimate of drug-likeness (QED) is 0.706. The Morgan fingerprint density at radius 1 is 1.07 bits per heavy atom. The van der Waals surface area contributed by atoms with Crippen LogP contribution in [0.3, 0.4) is 0 Å². The number of hydrogen-bond acceptors (Lipinski definition) is 5. The second kappa shape index (κ2) is 8.40. The standard InChI is InChI=1S/C21H23N5O4/c1-2-30-21(29)26-10-8-25(9-11-26)20(28)17-14-24(12-15-6-4-3-5-7-15)13-16-18(17)22-23-19(16)27/h3-7,13-14H,2,8-12H2,1H3,(H,23,27). The van der Waals surface area contributed by atoms with Crippen LogP contribution in [-0.2, 0) is 11.3 Å². The molecule has 1 fully saturated rings. The highest BCUT2D eigenvalue weighted by molar-refractivity contribution is 6.00. The molecule has 3 aliphatic rings. The fraction of sp³-hybridized carbons (Fsp3) is 0.333. The molecule has 4 rings (SSSR count). The maximum Gasteiger partial charge on any atom is 0.409 e. The number of aromatic amines is 1. The van der Waals surface area contributed by atoms with E-state index >= 15 is 0 Å². The summed E-state index contributed by atoms with van der Waals surface area (Å²) < 4.78 is 6.86. The Labute approximate surface area is 173 Å². The van der Waals surface area contributed by atoms with Crippen molar-refractivity contribution in [1.82, 2.24) is 24.6 Å². The number of hydrogen-bond donors (Lipinski definition) is 1. The first kappa shape index (κ1) is 19.7. The number of H-pyrrole nitrogens is 1. The number of carbonyl (C=O) groups excluding carboxylic acids is 2. The lowest BCUT2D eigenvalue weighted by molar-refractivity contribution is 0.0570. The third-order valence-electron chi connectivity index (χ3n) is 5.15. The van der Waals surface area contributed by atoms with E-state index in [1.54, 1.807) is 29.1 Å². The Bertz CT molecular complexity index is 1070. The number of carbonyl (C=O) groups is 2. The first-order chi connectivity index (χ1) is 14.6. The van der Waals surface area contributed by atoms with Crippen molar-refractivity contribution in [2.75, 3.05) is 32.8 Å². The summed E-state index contributed by atoms with van der Waals surface area (Å²) in [6.07, 6.45) is 3.08. The summed E-state index contributed by atoms with van der Waals surface area (Å²) in [6, 6.07) is 9.80. The zero-order valence-corrected chi connectivity index (χ0v) is 16.7. The number of ether oxygens (including phenoxy) is 1. The van der Waals surface area contributed by atoms with E-state index in [4.69, 9.17) is 4.74 Å². The molecule has 3 heterocycles. The predicted octanol–water partition coefficient (Wildman–Crippen LogP) is 1.64. The number of piperazine rings is 1. The van der Waals surface area contributed by atoms with Gasteiger partial charge in [-0.05, 0) is 12.5 Å². The average Bonchev–Trinajstić information content (AvgIpc) is 3.14. The van der Waals surface area contributed by atoms with Crippen LogP contribution in [0.2, 0.25) is 0 Å². The summed E-state index contributed by atoms with van der Waals surface area (Å²) in [6.45, 7) is 4.19. The molecule has 0 atom stereocenters. The molecule has 9 nitrogen and oxygen atoms in total. The molecule has 0 aromatic heterocycles. The highest BCUT2D eigenvalue weighted by Gasteiger charge is 2.29. The van der Waals surface area contributed by atoms with Crippen LogP contribution in [0.5, 0.6) is 0 Å². The number of aromatic nitrogens is 3. The molecule has 2 amide bonds. The summed E-state index contributed by atoms with van der Waals surface area (Å²) in [5, 5.41) is 6.51. The van der Waals surface area contributed by atoms with Crippen molar-refractivity contribution in [1.29, 1.82) is 0 Å². The molecule has 0 spiro atoms. The van der Waals surface area contributed by atoms with E-state index < -0.39 is 0 Å². The normalized spacial score (nSPS) is 14.2. The monoisotopic (exact) mass is 409 g/mol. The van der Waals surface area contributed by atoms with Crippen LogP contribution in [0.1, 0.15) is 22.8 Å². The summed E-state index contributed by atoms with van der Waals surface area (Å²) in [5.74, 6) is -0.211. The molecule has 3 aliphatic heterocycles. The minimum Gasteiger partial charge on any atom is -0.450 e. The summed E-state index contributed by atoms with van der Waals surface area (Å²) in [4.78, 5) is 40.6. The van der Waals surface area contributed by atoms with E-state index in [0.29, 0.717) is 56.2 Å². The average molecular weight is 409 g/mol. The van der Waals surface area contributed by atoms with Gasteiger partial charge in [-0.1, -0.05) is 30.3 Å². The molecular formula is C21H23N5O4. The molecule has 1 aromatic rings. The Morgan fingerprint density at radius 2 is 1.77 bits per heavy atom. The number of pyridine rings is 1. The fourth-order valence-corrected chi connectivity index (χ4v) is 3.61. The van der Waals surface area contributed by atoms with Crippen molar-refractivity contribution in [2.45, 2.75) is 13.5 Å². The molecule has 1 N–H and O–H groups in total. The topological polar surface area (TPSA) is 101 Å². The number of benzene rings is 1. The van der Waals surface area contributed by atoms with Crippen molar-refractivity contribution < 1.29 is 14.3 Å². The van der Waals surface area contributed by atoms with Gasteiger partial charge < -0.3 is 19.1 Å². The van der Waals surface area contributed by atoms with Gasteiger partial charge in [-0.25, -0.2) is 9.89 Å². The van der Waals surface area contributed by atoms with Crippen molar-refractivity contribution >= 4 is 12.0 Å². The van der Waals surface area contributed by atoms with E-state index in [0.717, 1.165) is 5.56 Å². The molecule has 30 heavy (non-hydrogen) atoms. The van der Waals surface area contributed by atoms with Gasteiger partial charge in [-0.2, -0.15) is 5.10 Å². The van der Waals surface area contributed by atoms with Gasteiger partial charge in [0.1, 0.15) is 5.69 Å². The van der Waals surface area contributed by atoms with Gasteiger partial charge in [0, 0.05) is 45.1 Å². The number of fused-ring (bicyclic) bond motifs is 1. The van der Waals surface area contributed by atoms with Crippen LogP contribution in [-0.4, -0.2) is 69.4 Å². The summed E-state index contributed by atoms with van der Waals surface area (Å²) >= 11 is 0. The second-order valence-corrected chi connectivity index (χ2v) is 7.12. The van der Waals surface area contributed by atoms with Crippen LogP contribution >= 0.6 is 0 Å². The van der Waals surface area contributed by atoms with Crippen LogP contribution in [0.15, 0.2) is 47.5 Å². The minimum atomic E-state index is -0.365. The van der Waals surface area contributed by atoms with E-state index in [2.05, 4.69) is 10.2 Å². The Hall–Kier alpha value is -3.62. The van der Waals surface area contributed by atoms with Gasteiger partial charge in [-0.15, -0.1) is 0 Å². The molecule has 0 saturated carbocycles. The number of nitrogens with one attached hydrogen (secondary N) is 1. The molecule has 1 saturated heterocycles. The summed E-state index contributed by atoms with van der Waals surface area (Å²) in [7, 11) is 0. The lowest BCUT2D eigenvalue weighted by Gasteiger charge is -2.34. The largest absolute Gasteiger partial charge is 0.450 e. The van der Waals surface area contributed by atoms with E-state index in [1.165, 1.54) is 0 Å². The Balaban J connectivity index is 1.58. The highest BCUT2D eigenvalue weighted by Crippen LogP contribution is 2.23. The molecule has 0 unspecified atom stereocenters. The van der Waals surface area contributed by atoms with Crippen molar-refractivity contribution in [3.63, 3.8) is 0 Å². The zero-order valence-electron chi connectivity index (χ0n) is 16.7. The Kier molecular flexibility index (Phi) is 5.51. The second-order valence-electron chi connectivity index (χ2n) is 7.12. The zero-order chi connectivity index (χ0) is 21.1. The lowest BCUT2D eigenvalue weighted by atomic mass is 10.1. The molecule has 0 radical (unpaired) electrons. The van der Waals surface area contributed by atoms with Crippen LogP contribution in [0, 0.1) is 0 Å². The Morgan fingerprint density at radius 3 is 2.47 bits per heavy atom. The van der Waals surface area contributed by atoms with Gasteiger partial charge in [0.2, 0.25) is 0 Å². The molecule has 1 aromatic carbocycles. The number of rotatable bonds is 4. The third kappa shape index (κ3) is 3.91. The lowest BCUT2D eigenvalue weighted by Crippen LogP contribution is -2.50. The van der Waals surface area contributed by atoms with Crippen LogP contribution < -0.4 is 5.56 Å². The molecule has 0 bridgehead atoms. The predicted molar refractivity (Wildman–Crippen MR) is 110 cm³/mol. The highest BCUT2D eigenvalue weighted by atomic mass is 16.6. The number of nitrogens with zero attached hydrogens (tertiary/aromatic N) is 4. The smallest absolute Gasteiger partial charge is 0.409 e. The third-order valence-corrected chi connectivity index (χ3v) is 5.15. The van der Waals surface area contributed by atoms with E-state index in [1.807, 2.05) is 34.9 Å². The maximum atomic E-state index is 13.3. The molecule has 9 heteroatoms. The maximum absolute atomic E-state index is 13.3.